The van der Waals surface area contributed by atoms with Gasteiger partial charge in [-0.3, -0.25) is 0 Å². The summed E-state index contributed by atoms with van der Waals surface area (Å²) >= 11 is 0. The Labute approximate surface area is 87.3 Å². The average molecular weight is 194 g/mol. The van der Waals surface area contributed by atoms with Crippen molar-refractivity contribution in [2.24, 2.45) is 0 Å². The zero-order valence-electron chi connectivity index (χ0n) is 8.49. The maximum absolute atomic E-state index is 4.33. The Bertz CT molecular complexity index is 685. The zero-order chi connectivity index (χ0) is 10.4. The van der Waals surface area contributed by atoms with Crippen molar-refractivity contribution in [3.05, 3.63) is 41.4 Å². The second kappa shape index (κ2) is 2.76. The number of pyridine rings is 2. The molecule has 0 saturated carbocycles. The highest BCUT2D eigenvalue weighted by Crippen LogP contribution is 2.22. The quantitative estimate of drug-likeness (QED) is 0.548. The lowest BCUT2D eigenvalue weighted by atomic mass is 10.0. The molecule has 0 amide bonds. The van der Waals surface area contributed by atoms with Crippen LogP contribution in [0, 0.1) is 6.92 Å². The molecule has 0 aliphatic heterocycles. The predicted octanol–water partition coefficient (Wildman–Crippen LogP) is 2.22. The lowest BCUT2D eigenvalue weighted by Gasteiger charge is -2.06. The first-order valence-electron chi connectivity index (χ1n) is 4.89. The number of hydrogen-bond acceptors (Lipinski definition) is 2. The third-order valence-electron chi connectivity index (χ3n) is 2.77. The molecule has 0 fully saturated rings. The van der Waals surface area contributed by atoms with Gasteiger partial charge >= 0.3 is 0 Å². The minimum Gasteiger partial charge on any atom is -0.237 e. The Hall–Kier alpha value is -1.96. The van der Waals surface area contributed by atoms with Gasteiger partial charge in [0, 0.05) is 17.8 Å². The Morgan fingerprint density at radius 2 is 1.93 bits per heavy atom. The highest BCUT2D eigenvalue weighted by Gasteiger charge is 2.06. The van der Waals surface area contributed by atoms with E-state index in [1.165, 1.54) is 10.8 Å². The molecular weight excluding hydrogens is 184 g/mol. The van der Waals surface area contributed by atoms with Gasteiger partial charge in [0.1, 0.15) is 0 Å². The molecule has 0 spiro atoms. The summed E-state index contributed by atoms with van der Waals surface area (Å²) in [5, 5.41) is 4.54. The van der Waals surface area contributed by atoms with Crippen LogP contribution in [0.2, 0.25) is 0 Å². The summed E-state index contributed by atoms with van der Waals surface area (Å²) in [6.07, 6.45) is 3.65. The summed E-state index contributed by atoms with van der Waals surface area (Å²) in [6.45, 7) is 6.12. The summed E-state index contributed by atoms with van der Waals surface area (Å²) < 4.78 is 0. The number of nitrogens with zero attached hydrogens (tertiary/aromatic N) is 2. The SMILES string of the molecule is C=c1ccc2ccnc3ncc(C)c1c23. The molecule has 1 aromatic carbocycles. The van der Waals surface area contributed by atoms with E-state index in [4.69, 9.17) is 0 Å². The molecule has 2 aromatic heterocycles. The second-order valence-electron chi connectivity index (χ2n) is 3.77. The predicted molar refractivity (Wildman–Crippen MR) is 62.5 cm³/mol. The molecule has 2 nitrogen and oxygen atoms in total. The van der Waals surface area contributed by atoms with Crippen LogP contribution in [0.1, 0.15) is 5.56 Å². The molecule has 2 heteroatoms. The molecule has 0 unspecified atom stereocenters. The Morgan fingerprint density at radius 3 is 2.80 bits per heavy atom. The molecule has 0 bridgehead atoms. The van der Waals surface area contributed by atoms with Gasteiger partial charge in [-0.1, -0.05) is 18.7 Å². The third kappa shape index (κ3) is 1.05. The zero-order valence-corrected chi connectivity index (χ0v) is 8.49. The van der Waals surface area contributed by atoms with E-state index in [0.717, 1.165) is 21.8 Å². The molecule has 0 N–H and O–H groups in total. The van der Waals surface area contributed by atoms with E-state index in [0.29, 0.717) is 0 Å². The Morgan fingerprint density at radius 1 is 1.07 bits per heavy atom. The highest BCUT2D eigenvalue weighted by molar-refractivity contribution is 6.07. The first-order valence-corrected chi connectivity index (χ1v) is 4.89. The van der Waals surface area contributed by atoms with Crippen LogP contribution in [0.3, 0.4) is 0 Å². The Balaban J connectivity index is 2.79. The summed E-state index contributed by atoms with van der Waals surface area (Å²) in [7, 11) is 0. The molecule has 3 aromatic rings. The van der Waals surface area contributed by atoms with Crippen molar-refractivity contribution in [1.82, 2.24) is 9.97 Å². The average Bonchev–Trinajstić information content (AvgIpc) is 2.25. The largest absolute Gasteiger partial charge is 0.237 e. The van der Waals surface area contributed by atoms with E-state index < -0.39 is 0 Å². The van der Waals surface area contributed by atoms with Crippen molar-refractivity contribution in [2.45, 2.75) is 6.92 Å². The van der Waals surface area contributed by atoms with Gasteiger partial charge in [0.25, 0.3) is 0 Å². The summed E-state index contributed by atoms with van der Waals surface area (Å²) in [5.41, 5.74) is 1.96. The van der Waals surface area contributed by atoms with E-state index in [2.05, 4.69) is 29.5 Å². The number of benzene rings is 1. The number of aryl methyl sites for hydroxylation is 1. The number of rotatable bonds is 0. The van der Waals surface area contributed by atoms with E-state index in [-0.39, 0.29) is 0 Å². The fourth-order valence-corrected chi connectivity index (χ4v) is 2.07. The van der Waals surface area contributed by atoms with Gasteiger partial charge in [-0.15, -0.1) is 0 Å². The summed E-state index contributed by atoms with van der Waals surface area (Å²) in [6, 6.07) is 6.13. The molecule has 0 atom stereocenters. The summed E-state index contributed by atoms with van der Waals surface area (Å²) in [5.74, 6) is 0. The molecular formula is C13H10N2. The smallest absolute Gasteiger partial charge is 0.160 e. The van der Waals surface area contributed by atoms with Crippen LogP contribution >= 0.6 is 0 Å². The van der Waals surface area contributed by atoms with E-state index in [9.17, 15) is 0 Å². The van der Waals surface area contributed by atoms with Crippen LogP contribution < -0.4 is 5.22 Å². The van der Waals surface area contributed by atoms with Crippen LogP contribution in [0.5, 0.6) is 0 Å². The number of hydrogen-bond donors (Lipinski definition) is 0. The Kier molecular flexibility index (Phi) is 1.54. The molecule has 3 rings (SSSR count). The topological polar surface area (TPSA) is 25.8 Å². The fourth-order valence-electron chi connectivity index (χ4n) is 2.07. The van der Waals surface area contributed by atoms with Crippen molar-refractivity contribution in [3.8, 4) is 0 Å². The summed E-state index contributed by atoms with van der Waals surface area (Å²) in [4.78, 5) is 8.61. The van der Waals surface area contributed by atoms with Crippen molar-refractivity contribution >= 4 is 28.4 Å². The molecule has 2 heterocycles. The van der Waals surface area contributed by atoms with Crippen LogP contribution in [0.15, 0.2) is 30.6 Å². The molecule has 0 aliphatic carbocycles. The van der Waals surface area contributed by atoms with Gasteiger partial charge in [-0.05, 0) is 34.5 Å². The van der Waals surface area contributed by atoms with Gasteiger partial charge in [0.15, 0.2) is 5.65 Å². The van der Waals surface area contributed by atoms with Crippen LogP contribution in [0.4, 0.5) is 0 Å². The second-order valence-corrected chi connectivity index (χ2v) is 3.77. The van der Waals surface area contributed by atoms with Gasteiger partial charge in [0.05, 0.1) is 0 Å². The lowest BCUT2D eigenvalue weighted by molar-refractivity contribution is 1.27. The van der Waals surface area contributed by atoms with Crippen molar-refractivity contribution < 1.29 is 0 Å². The first kappa shape index (κ1) is 8.36. The van der Waals surface area contributed by atoms with Gasteiger partial charge in [-0.2, -0.15) is 0 Å². The standard InChI is InChI=1S/C13H10N2/c1-8-3-4-10-5-6-14-13-12(10)11(8)9(2)7-15-13/h3-7H,1H2,2H3. The van der Waals surface area contributed by atoms with Crippen LogP contribution in [0.25, 0.3) is 28.4 Å². The molecule has 0 aliphatic rings. The van der Waals surface area contributed by atoms with Crippen molar-refractivity contribution in [1.29, 1.82) is 0 Å². The maximum atomic E-state index is 4.33. The van der Waals surface area contributed by atoms with E-state index >= 15 is 0 Å². The monoisotopic (exact) mass is 194 g/mol. The first-order chi connectivity index (χ1) is 7.27. The molecule has 15 heavy (non-hydrogen) atoms. The van der Waals surface area contributed by atoms with Crippen LogP contribution in [-0.2, 0) is 0 Å². The van der Waals surface area contributed by atoms with Crippen molar-refractivity contribution in [2.75, 3.05) is 0 Å². The lowest BCUT2D eigenvalue weighted by Crippen LogP contribution is -2.02. The van der Waals surface area contributed by atoms with E-state index in [1.807, 2.05) is 18.3 Å². The van der Waals surface area contributed by atoms with Gasteiger partial charge < -0.3 is 0 Å². The minimum absolute atomic E-state index is 0.804. The minimum atomic E-state index is 0.804. The van der Waals surface area contributed by atoms with Gasteiger partial charge in [-0.25, -0.2) is 9.97 Å². The third-order valence-corrected chi connectivity index (χ3v) is 2.77. The number of aromatic nitrogens is 2. The maximum Gasteiger partial charge on any atom is 0.160 e. The molecule has 0 saturated heterocycles. The molecule has 72 valence electrons. The van der Waals surface area contributed by atoms with Crippen molar-refractivity contribution in [3.63, 3.8) is 0 Å². The normalized spacial score (nSPS) is 11.3. The fraction of sp³-hybridized carbons (Fsp3) is 0.0769. The highest BCUT2D eigenvalue weighted by atomic mass is 14.8. The molecule has 0 radical (unpaired) electrons. The van der Waals surface area contributed by atoms with Crippen LogP contribution in [-0.4, -0.2) is 9.97 Å². The van der Waals surface area contributed by atoms with Gasteiger partial charge in [0.2, 0.25) is 0 Å². The van der Waals surface area contributed by atoms with E-state index in [1.54, 1.807) is 6.20 Å².